The van der Waals surface area contributed by atoms with Crippen molar-refractivity contribution in [1.82, 2.24) is 0 Å². The number of aromatic nitrogens is 1. The molecule has 2 aliphatic heterocycles. The zero-order valence-corrected chi connectivity index (χ0v) is 16.9. The molecule has 5 nitrogen and oxygen atoms in total. The van der Waals surface area contributed by atoms with Crippen LogP contribution in [0, 0.1) is 0 Å². The average Bonchev–Trinajstić information content (AvgIpc) is 3.53. The molecule has 1 aromatic carbocycles. The van der Waals surface area contributed by atoms with Gasteiger partial charge < -0.3 is 18.3 Å². The number of hydrogen-bond acceptors (Lipinski definition) is 4. The summed E-state index contributed by atoms with van der Waals surface area (Å²) < 4.78 is 25.1. The van der Waals surface area contributed by atoms with Crippen LogP contribution in [-0.4, -0.2) is 14.2 Å². The Morgan fingerprint density at radius 2 is 1.73 bits per heavy atom. The maximum absolute atomic E-state index is 5.91. The van der Waals surface area contributed by atoms with Crippen LogP contribution in [0.1, 0.15) is 46.3 Å². The monoisotopic (exact) mass is 400 g/mol. The van der Waals surface area contributed by atoms with Crippen LogP contribution >= 0.6 is 0 Å². The van der Waals surface area contributed by atoms with E-state index >= 15 is 0 Å². The van der Waals surface area contributed by atoms with Crippen LogP contribution in [0.15, 0.2) is 82.5 Å². The molecular weight excluding hydrogens is 378 g/mol. The van der Waals surface area contributed by atoms with E-state index in [1.165, 1.54) is 16.8 Å². The predicted octanol–water partition coefficient (Wildman–Crippen LogP) is 4.60. The third kappa shape index (κ3) is 2.09. The molecule has 0 fully saturated rings. The lowest BCUT2D eigenvalue weighted by atomic mass is 9.54. The highest BCUT2D eigenvalue weighted by atomic mass is 16.5. The molecule has 0 unspecified atom stereocenters. The van der Waals surface area contributed by atoms with Gasteiger partial charge in [0, 0.05) is 46.9 Å². The highest BCUT2D eigenvalue weighted by molar-refractivity contribution is 5.60. The van der Waals surface area contributed by atoms with E-state index < -0.39 is 0 Å². The molecule has 1 aliphatic carbocycles. The summed E-state index contributed by atoms with van der Waals surface area (Å²) in [4.78, 5) is 0. The first-order valence-electron chi connectivity index (χ1n) is 10.1. The Balaban J connectivity index is 1.73. The van der Waals surface area contributed by atoms with Crippen molar-refractivity contribution in [2.24, 2.45) is 0 Å². The normalized spacial score (nSPS) is 20.5. The minimum atomic E-state index is -0.319. The van der Waals surface area contributed by atoms with Gasteiger partial charge in [-0.3, -0.25) is 0 Å². The first-order chi connectivity index (χ1) is 14.8. The second kappa shape index (κ2) is 6.26. The highest BCUT2D eigenvalue weighted by Gasteiger charge is 2.61. The van der Waals surface area contributed by atoms with E-state index in [0.717, 1.165) is 29.0 Å². The molecule has 3 aliphatic rings. The largest absolute Gasteiger partial charge is 0.497 e. The Morgan fingerprint density at radius 1 is 0.967 bits per heavy atom. The quantitative estimate of drug-likeness (QED) is 0.470. The molecule has 0 saturated carbocycles. The predicted molar refractivity (Wildman–Crippen MR) is 109 cm³/mol. The van der Waals surface area contributed by atoms with E-state index in [1.807, 2.05) is 18.6 Å². The molecule has 5 heteroatoms. The lowest BCUT2D eigenvalue weighted by molar-refractivity contribution is -0.732. The van der Waals surface area contributed by atoms with Gasteiger partial charge in [-0.2, -0.15) is 4.57 Å². The Kier molecular flexibility index (Phi) is 3.63. The van der Waals surface area contributed by atoms with Crippen LogP contribution < -0.4 is 14.0 Å². The fourth-order valence-corrected chi connectivity index (χ4v) is 5.69. The summed E-state index contributed by atoms with van der Waals surface area (Å²) >= 11 is 0. The number of fused-ring (bicyclic) bond motifs is 1. The van der Waals surface area contributed by atoms with Crippen LogP contribution in [0.4, 0.5) is 0 Å². The van der Waals surface area contributed by atoms with Gasteiger partial charge in [-0.05, 0) is 18.2 Å². The maximum Gasteiger partial charge on any atom is 0.190 e. The number of methoxy groups -OCH3 is 2. The molecule has 4 aromatic rings. The molecule has 2 atom stereocenters. The number of nitrogens with zero attached hydrogens (tertiary/aromatic N) is 1. The Morgan fingerprint density at radius 3 is 2.37 bits per heavy atom. The van der Waals surface area contributed by atoms with Crippen LogP contribution in [0.25, 0.3) is 0 Å². The molecular formula is C25H22NO4+. The lowest BCUT2D eigenvalue weighted by Crippen LogP contribution is -2.60. The average molecular weight is 400 g/mol. The number of ether oxygens (including phenoxy) is 2. The molecule has 0 spiro atoms. The van der Waals surface area contributed by atoms with E-state index in [4.69, 9.17) is 18.3 Å². The number of furan rings is 2. The fourth-order valence-electron chi connectivity index (χ4n) is 5.69. The highest BCUT2D eigenvalue weighted by Crippen LogP contribution is 2.61. The number of hydrogen-bond donors (Lipinski definition) is 0. The number of rotatable bonds is 4. The van der Waals surface area contributed by atoms with Gasteiger partial charge in [0.25, 0.3) is 0 Å². The topological polar surface area (TPSA) is 48.6 Å². The summed E-state index contributed by atoms with van der Waals surface area (Å²) in [6, 6.07) is 14.9. The van der Waals surface area contributed by atoms with Gasteiger partial charge in [0.05, 0.1) is 50.6 Å². The summed E-state index contributed by atoms with van der Waals surface area (Å²) in [5.74, 6) is 1.70. The van der Waals surface area contributed by atoms with Gasteiger partial charge in [-0.25, -0.2) is 0 Å². The van der Waals surface area contributed by atoms with Crippen LogP contribution in [0.5, 0.6) is 11.5 Å². The van der Waals surface area contributed by atoms with Crippen molar-refractivity contribution in [3.63, 3.8) is 0 Å². The number of benzene rings is 1. The maximum atomic E-state index is 5.91. The van der Waals surface area contributed by atoms with Gasteiger partial charge in [-0.15, -0.1) is 0 Å². The van der Waals surface area contributed by atoms with Gasteiger partial charge in [0.1, 0.15) is 11.5 Å². The third-order valence-corrected chi connectivity index (χ3v) is 6.89. The van der Waals surface area contributed by atoms with E-state index in [2.05, 4.69) is 47.2 Å². The van der Waals surface area contributed by atoms with Crippen LogP contribution in [-0.2, 0) is 5.41 Å². The summed E-state index contributed by atoms with van der Waals surface area (Å²) in [7, 11) is 3.43. The Bertz CT molecular complexity index is 1180. The molecule has 30 heavy (non-hydrogen) atoms. The molecule has 0 amide bonds. The van der Waals surface area contributed by atoms with Gasteiger partial charge >= 0.3 is 0 Å². The molecule has 3 aromatic heterocycles. The van der Waals surface area contributed by atoms with E-state index in [1.54, 1.807) is 26.7 Å². The summed E-state index contributed by atoms with van der Waals surface area (Å²) in [6.07, 6.45) is 10.3. The molecule has 5 heterocycles. The summed E-state index contributed by atoms with van der Waals surface area (Å²) in [5.41, 5.74) is 5.70. The fraction of sp³-hybridized carbons (Fsp3) is 0.240. The van der Waals surface area contributed by atoms with Crippen molar-refractivity contribution in [1.29, 1.82) is 0 Å². The van der Waals surface area contributed by atoms with Crippen molar-refractivity contribution >= 4 is 0 Å². The molecule has 0 radical (unpaired) electrons. The summed E-state index contributed by atoms with van der Waals surface area (Å²) in [5, 5.41) is 0. The molecule has 7 rings (SSSR count). The zero-order chi connectivity index (χ0) is 20.3. The van der Waals surface area contributed by atoms with E-state index in [9.17, 15) is 0 Å². The Hall–Kier alpha value is -3.47. The zero-order valence-electron chi connectivity index (χ0n) is 16.9. The minimum absolute atomic E-state index is 0.0368. The smallest absolute Gasteiger partial charge is 0.190 e. The van der Waals surface area contributed by atoms with Gasteiger partial charge in [0.2, 0.25) is 0 Å². The van der Waals surface area contributed by atoms with E-state index in [0.29, 0.717) is 0 Å². The van der Waals surface area contributed by atoms with Crippen molar-refractivity contribution in [3.05, 3.63) is 102 Å². The van der Waals surface area contributed by atoms with Crippen molar-refractivity contribution in [3.8, 4) is 11.5 Å². The Labute approximate surface area is 174 Å². The van der Waals surface area contributed by atoms with Crippen LogP contribution in [0.2, 0.25) is 0 Å². The van der Waals surface area contributed by atoms with Crippen molar-refractivity contribution in [2.45, 2.75) is 23.8 Å². The molecule has 2 bridgehead atoms. The van der Waals surface area contributed by atoms with Gasteiger partial charge in [0.15, 0.2) is 17.9 Å². The first kappa shape index (κ1) is 17.4. The van der Waals surface area contributed by atoms with Crippen molar-refractivity contribution in [2.75, 3.05) is 14.2 Å². The molecule has 0 N–H and O–H groups in total. The molecule has 0 saturated heterocycles. The van der Waals surface area contributed by atoms with E-state index in [-0.39, 0.29) is 17.4 Å². The third-order valence-electron chi connectivity index (χ3n) is 6.89. The summed E-state index contributed by atoms with van der Waals surface area (Å²) in [6.45, 7) is 0. The lowest BCUT2D eigenvalue weighted by Gasteiger charge is -2.48. The number of pyridine rings is 1. The van der Waals surface area contributed by atoms with Crippen LogP contribution in [0.3, 0.4) is 0 Å². The van der Waals surface area contributed by atoms with Gasteiger partial charge in [-0.1, -0.05) is 6.07 Å². The second-order valence-corrected chi connectivity index (χ2v) is 8.01. The standard InChI is InChI=1S/C25H22NO4/c1-27-18-11-19-21-13-25(16-6-9-29-14-16,17-7-10-30-15-17)24(23(19)22(12-18)28-2)20-5-3-4-8-26(20)21/h3-12,14-15,21,24H,13H2,1-2H3/q+1/t21-,24-/m1/s1. The minimum Gasteiger partial charge on any atom is -0.497 e. The first-order valence-corrected chi connectivity index (χ1v) is 10.1. The second-order valence-electron chi connectivity index (χ2n) is 8.01. The van der Waals surface area contributed by atoms with Crippen molar-refractivity contribution < 1.29 is 22.9 Å². The SMILES string of the molecule is COc1cc(OC)c2c(c1)[C@H]1CC(c3ccoc3)(c3ccoc3)[C@@H]2c2cccc[n+]21. The molecule has 150 valence electrons.